The minimum atomic E-state index is -0.563. The number of hydrogen-bond acceptors (Lipinski definition) is 3. The van der Waals surface area contributed by atoms with Crippen LogP contribution in [0, 0.1) is 17.0 Å². The van der Waals surface area contributed by atoms with Crippen molar-refractivity contribution in [3.63, 3.8) is 0 Å². The van der Waals surface area contributed by atoms with Crippen LogP contribution in [0.25, 0.3) is 0 Å². The molecule has 1 aromatic heterocycles. The van der Waals surface area contributed by atoms with Crippen molar-refractivity contribution < 1.29 is 18.4 Å². The predicted octanol–water partition coefficient (Wildman–Crippen LogP) is 3.46. The highest BCUT2D eigenvalue weighted by molar-refractivity contribution is 5.99. The van der Waals surface area contributed by atoms with E-state index in [0.29, 0.717) is 25.2 Å². The van der Waals surface area contributed by atoms with E-state index >= 15 is 0 Å². The first-order valence-corrected chi connectivity index (χ1v) is 9.47. The molecule has 2 heterocycles. The van der Waals surface area contributed by atoms with Crippen LogP contribution in [-0.2, 0) is 4.79 Å². The number of anilines is 1. The molecular formula is C21H21F2N3O2. The van der Waals surface area contributed by atoms with Gasteiger partial charge in [0.05, 0.1) is 5.41 Å². The second-order valence-electron chi connectivity index (χ2n) is 7.60. The summed E-state index contributed by atoms with van der Waals surface area (Å²) in [4.78, 5) is 31.3. The van der Waals surface area contributed by atoms with Crippen LogP contribution in [0.2, 0.25) is 0 Å². The number of aromatic nitrogens is 1. The number of nitrogens with zero attached hydrogens (tertiary/aromatic N) is 2. The van der Waals surface area contributed by atoms with Crippen LogP contribution in [0.15, 0.2) is 42.6 Å². The zero-order valence-corrected chi connectivity index (χ0v) is 15.3. The highest BCUT2D eigenvalue weighted by Gasteiger charge is 2.50. The molecule has 2 amide bonds. The number of carbonyl (C=O) groups excluding carboxylic acids is 2. The van der Waals surface area contributed by atoms with Gasteiger partial charge in [-0.25, -0.2) is 13.8 Å². The summed E-state index contributed by atoms with van der Waals surface area (Å²) in [5.74, 6) is -0.960. The summed E-state index contributed by atoms with van der Waals surface area (Å²) in [7, 11) is 0. The summed E-state index contributed by atoms with van der Waals surface area (Å²) in [5.41, 5.74) is -0.297. The normalized spacial score (nSPS) is 24.6. The molecule has 2 aromatic rings. The monoisotopic (exact) mass is 385 g/mol. The van der Waals surface area contributed by atoms with E-state index < -0.39 is 17.0 Å². The topological polar surface area (TPSA) is 62.3 Å². The average molecular weight is 385 g/mol. The average Bonchev–Trinajstić information content (AvgIpc) is 2.97. The number of amides is 2. The Morgan fingerprint density at radius 1 is 1.18 bits per heavy atom. The van der Waals surface area contributed by atoms with Crippen LogP contribution >= 0.6 is 0 Å². The Bertz CT molecular complexity index is 920. The number of pyridine rings is 1. The lowest BCUT2D eigenvalue weighted by atomic mass is 9.71. The molecule has 146 valence electrons. The number of rotatable bonds is 3. The third-order valence-electron chi connectivity index (χ3n) is 5.76. The number of nitrogens with one attached hydrogen (secondary N) is 1. The molecule has 7 heteroatoms. The zero-order valence-electron chi connectivity index (χ0n) is 15.3. The van der Waals surface area contributed by atoms with Gasteiger partial charge in [-0.15, -0.1) is 0 Å². The van der Waals surface area contributed by atoms with E-state index in [1.165, 1.54) is 36.5 Å². The molecule has 4 rings (SSSR count). The molecule has 1 saturated heterocycles. The van der Waals surface area contributed by atoms with Crippen molar-refractivity contribution in [2.24, 2.45) is 5.41 Å². The highest BCUT2D eigenvalue weighted by atomic mass is 19.1. The van der Waals surface area contributed by atoms with E-state index in [-0.39, 0.29) is 23.4 Å². The van der Waals surface area contributed by atoms with E-state index in [1.807, 2.05) is 0 Å². The van der Waals surface area contributed by atoms with Gasteiger partial charge in [-0.2, -0.15) is 0 Å². The van der Waals surface area contributed by atoms with E-state index in [0.717, 1.165) is 19.3 Å². The SMILES string of the molecule is O=C(N[C@@H]1CCC[C@]2(CCN(c3cc(F)ccn3)C2=O)C1)c1cccc(F)c1. The lowest BCUT2D eigenvalue weighted by molar-refractivity contribution is -0.127. The van der Waals surface area contributed by atoms with Crippen molar-refractivity contribution in [3.05, 3.63) is 59.8 Å². The number of benzene rings is 1. The molecule has 1 aromatic carbocycles. The van der Waals surface area contributed by atoms with Gasteiger partial charge in [-0.1, -0.05) is 12.5 Å². The minimum Gasteiger partial charge on any atom is -0.349 e. The van der Waals surface area contributed by atoms with E-state index in [4.69, 9.17) is 0 Å². The van der Waals surface area contributed by atoms with Crippen molar-refractivity contribution in [1.29, 1.82) is 0 Å². The van der Waals surface area contributed by atoms with Gasteiger partial charge >= 0.3 is 0 Å². The van der Waals surface area contributed by atoms with Crippen LogP contribution in [0.1, 0.15) is 42.5 Å². The van der Waals surface area contributed by atoms with Crippen molar-refractivity contribution in [2.75, 3.05) is 11.4 Å². The summed E-state index contributed by atoms with van der Waals surface area (Å²) in [6, 6.07) is 7.91. The van der Waals surface area contributed by atoms with Crippen LogP contribution in [-0.4, -0.2) is 29.4 Å². The first-order chi connectivity index (χ1) is 13.5. The summed E-state index contributed by atoms with van der Waals surface area (Å²) in [6.07, 6.45) is 4.85. The molecule has 1 N–H and O–H groups in total. The molecule has 0 unspecified atom stereocenters. The second-order valence-corrected chi connectivity index (χ2v) is 7.60. The molecule has 0 radical (unpaired) electrons. The summed E-state index contributed by atoms with van der Waals surface area (Å²) < 4.78 is 26.9. The number of hydrogen-bond donors (Lipinski definition) is 1. The summed E-state index contributed by atoms with van der Waals surface area (Å²) in [6.45, 7) is 0.486. The molecule has 1 aliphatic heterocycles. The number of halogens is 2. The quantitative estimate of drug-likeness (QED) is 0.880. The Labute approximate surface area is 161 Å². The van der Waals surface area contributed by atoms with Crippen LogP contribution in [0.4, 0.5) is 14.6 Å². The third kappa shape index (κ3) is 3.48. The molecule has 1 saturated carbocycles. The summed E-state index contributed by atoms with van der Waals surface area (Å²) >= 11 is 0. The van der Waals surface area contributed by atoms with E-state index in [1.54, 1.807) is 11.0 Å². The minimum absolute atomic E-state index is 0.0599. The first-order valence-electron chi connectivity index (χ1n) is 9.47. The second kappa shape index (κ2) is 7.30. The van der Waals surface area contributed by atoms with E-state index in [9.17, 15) is 18.4 Å². The largest absolute Gasteiger partial charge is 0.349 e. The van der Waals surface area contributed by atoms with Crippen LogP contribution in [0.3, 0.4) is 0 Å². The maximum atomic E-state index is 13.5. The Kier molecular flexibility index (Phi) is 4.83. The molecule has 28 heavy (non-hydrogen) atoms. The maximum Gasteiger partial charge on any atom is 0.251 e. The Morgan fingerprint density at radius 2 is 2.00 bits per heavy atom. The van der Waals surface area contributed by atoms with Gasteiger partial charge in [-0.3, -0.25) is 14.5 Å². The van der Waals surface area contributed by atoms with Gasteiger partial charge in [0.2, 0.25) is 5.91 Å². The van der Waals surface area contributed by atoms with Crippen molar-refractivity contribution in [2.45, 2.75) is 38.1 Å². The molecular weight excluding hydrogens is 364 g/mol. The Hall–Kier alpha value is -2.83. The molecule has 2 aliphatic rings. The standard InChI is InChI=1S/C21H21F2N3O2/c22-15-4-1-3-14(11-15)19(27)25-17-5-2-7-21(13-17)8-10-26(20(21)28)18-12-16(23)6-9-24-18/h1,3-4,6,9,11-12,17H,2,5,7-8,10,13H2,(H,25,27)/t17-,21+/m1/s1. The van der Waals surface area contributed by atoms with E-state index in [2.05, 4.69) is 10.3 Å². The lowest BCUT2D eigenvalue weighted by Crippen LogP contribution is -2.46. The smallest absolute Gasteiger partial charge is 0.251 e. The van der Waals surface area contributed by atoms with Crippen molar-refractivity contribution in [1.82, 2.24) is 10.3 Å². The van der Waals surface area contributed by atoms with Crippen molar-refractivity contribution in [3.8, 4) is 0 Å². The first kappa shape index (κ1) is 18.5. The van der Waals surface area contributed by atoms with Gasteiger partial charge in [-0.05, 0) is 49.9 Å². The zero-order chi connectivity index (χ0) is 19.7. The fourth-order valence-electron chi connectivity index (χ4n) is 4.39. The number of carbonyl (C=O) groups is 2. The fraction of sp³-hybridized carbons (Fsp3) is 0.381. The van der Waals surface area contributed by atoms with Gasteiger partial charge in [0.1, 0.15) is 17.5 Å². The Morgan fingerprint density at radius 3 is 2.79 bits per heavy atom. The summed E-state index contributed by atoms with van der Waals surface area (Å²) in [5, 5.41) is 2.95. The fourth-order valence-corrected chi connectivity index (χ4v) is 4.39. The molecule has 0 bridgehead atoms. The van der Waals surface area contributed by atoms with Gasteiger partial charge < -0.3 is 5.32 Å². The highest BCUT2D eigenvalue weighted by Crippen LogP contribution is 2.45. The Balaban J connectivity index is 1.47. The molecule has 2 fully saturated rings. The van der Waals surface area contributed by atoms with Crippen LogP contribution in [0.5, 0.6) is 0 Å². The van der Waals surface area contributed by atoms with Crippen LogP contribution < -0.4 is 10.2 Å². The van der Waals surface area contributed by atoms with Gasteiger partial charge in [0, 0.05) is 30.4 Å². The van der Waals surface area contributed by atoms with Gasteiger partial charge in [0.25, 0.3) is 5.91 Å². The van der Waals surface area contributed by atoms with Gasteiger partial charge in [0.15, 0.2) is 0 Å². The molecule has 5 nitrogen and oxygen atoms in total. The van der Waals surface area contributed by atoms with Crippen molar-refractivity contribution >= 4 is 17.6 Å². The lowest BCUT2D eigenvalue weighted by Gasteiger charge is -2.36. The molecule has 2 atom stereocenters. The maximum absolute atomic E-state index is 13.5. The molecule has 1 aliphatic carbocycles. The predicted molar refractivity (Wildman–Crippen MR) is 99.7 cm³/mol. The third-order valence-corrected chi connectivity index (χ3v) is 5.76. The molecule has 1 spiro atoms.